The molecule has 1 fully saturated rings. The first-order chi connectivity index (χ1) is 11.9. The third-order valence-corrected chi connectivity index (χ3v) is 5.74. The van der Waals surface area contributed by atoms with Crippen LogP contribution in [0.5, 0.6) is 0 Å². The standard InChI is InChI=1S/C18H26N4O2S.ClH/c1-6-24-17(23)14-11(2)15(19-12(14)3)16-13(4)25-18(20-16)22-9-7-21(5)8-10-22;/h19H,6-10H2,1-5H3;1H. The number of H-pyrrole nitrogens is 1. The van der Waals surface area contributed by atoms with Gasteiger partial charge in [0.25, 0.3) is 0 Å². The third kappa shape index (κ3) is 3.89. The van der Waals surface area contributed by atoms with Crippen LogP contribution in [0.3, 0.4) is 0 Å². The van der Waals surface area contributed by atoms with Crippen molar-refractivity contribution >= 4 is 34.8 Å². The summed E-state index contributed by atoms with van der Waals surface area (Å²) >= 11 is 1.72. The summed E-state index contributed by atoms with van der Waals surface area (Å²) in [6, 6.07) is 0. The molecule has 3 heterocycles. The van der Waals surface area contributed by atoms with Crippen molar-refractivity contribution in [3.05, 3.63) is 21.7 Å². The maximum atomic E-state index is 12.2. The second kappa shape index (κ2) is 8.41. The van der Waals surface area contributed by atoms with Crippen LogP contribution in [0.2, 0.25) is 0 Å². The zero-order valence-corrected chi connectivity index (χ0v) is 17.6. The van der Waals surface area contributed by atoms with E-state index in [9.17, 15) is 4.79 Å². The van der Waals surface area contributed by atoms with Gasteiger partial charge in [-0.1, -0.05) is 0 Å². The van der Waals surface area contributed by atoms with Crippen molar-refractivity contribution in [2.45, 2.75) is 27.7 Å². The highest BCUT2D eigenvalue weighted by Crippen LogP contribution is 2.35. The van der Waals surface area contributed by atoms with E-state index in [1.54, 1.807) is 11.3 Å². The number of nitrogens with zero attached hydrogens (tertiary/aromatic N) is 3. The summed E-state index contributed by atoms with van der Waals surface area (Å²) in [5.41, 5.74) is 4.24. The minimum absolute atomic E-state index is 0. The van der Waals surface area contributed by atoms with Crippen molar-refractivity contribution in [2.75, 3.05) is 44.7 Å². The van der Waals surface area contributed by atoms with Gasteiger partial charge >= 0.3 is 5.97 Å². The van der Waals surface area contributed by atoms with E-state index in [4.69, 9.17) is 9.72 Å². The number of carbonyl (C=O) groups excluding carboxylic acids is 1. The van der Waals surface area contributed by atoms with Crippen LogP contribution in [0.1, 0.15) is 33.4 Å². The highest BCUT2D eigenvalue weighted by molar-refractivity contribution is 7.16. The van der Waals surface area contributed by atoms with Crippen LogP contribution >= 0.6 is 23.7 Å². The molecule has 0 atom stereocenters. The van der Waals surface area contributed by atoms with E-state index in [1.165, 1.54) is 0 Å². The van der Waals surface area contributed by atoms with Gasteiger partial charge in [-0.15, -0.1) is 23.7 Å². The smallest absolute Gasteiger partial charge is 0.340 e. The predicted molar refractivity (Wildman–Crippen MR) is 109 cm³/mol. The van der Waals surface area contributed by atoms with E-state index in [1.807, 2.05) is 20.8 Å². The van der Waals surface area contributed by atoms with Gasteiger partial charge in [0.05, 0.1) is 17.9 Å². The van der Waals surface area contributed by atoms with Crippen molar-refractivity contribution in [1.82, 2.24) is 14.9 Å². The largest absolute Gasteiger partial charge is 0.462 e. The second-order valence-corrected chi connectivity index (χ2v) is 7.72. The van der Waals surface area contributed by atoms with Crippen LogP contribution in [-0.2, 0) is 4.74 Å². The minimum Gasteiger partial charge on any atom is -0.462 e. The zero-order valence-electron chi connectivity index (χ0n) is 16.0. The second-order valence-electron chi connectivity index (χ2n) is 6.54. The number of aromatic nitrogens is 2. The van der Waals surface area contributed by atoms with E-state index in [2.05, 4.69) is 28.8 Å². The Morgan fingerprint density at radius 3 is 2.50 bits per heavy atom. The molecule has 26 heavy (non-hydrogen) atoms. The molecule has 1 N–H and O–H groups in total. The molecular weight excluding hydrogens is 372 g/mol. The SMILES string of the molecule is CCOC(=O)c1c(C)[nH]c(-c2nc(N3CCN(C)CC3)sc2C)c1C.Cl. The van der Waals surface area contributed by atoms with E-state index >= 15 is 0 Å². The van der Waals surface area contributed by atoms with Gasteiger partial charge < -0.3 is 19.5 Å². The van der Waals surface area contributed by atoms with Crippen molar-refractivity contribution in [3.8, 4) is 11.4 Å². The lowest BCUT2D eigenvalue weighted by Gasteiger charge is -2.32. The average molecular weight is 399 g/mol. The van der Waals surface area contributed by atoms with Crippen LogP contribution in [0.15, 0.2) is 0 Å². The summed E-state index contributed by atoms with van der Waals surface area (Å²) in [5.74, 6) is -0.271. The molecule has 1 saturated heterocycles. The number of aromatic amines is 1. The molecule has 0 radical (unpaired) electrons. The number of halogens is 1. The zero-order chi connectivity index (χ0) is 18.1. The summed E-state index contributed by atoms with van der Waals surface area (Å²) in [6.07, 6.45) is 0. The molecule has 144 valence electrons. The molecule has 0 saturated carbocycles. The number of hydrogen-bond acceptors (Lipinski definition) is 6. The van der Waals surface area contributed by atoms with Crippen LogP contribution in [0.4, 0.5) is 5.13 Å². The van der Waals surface area contributed by atoms with Gasteiger partial charge in [-0.25, -0.2) is 9.78 Å². The van der Waals surface area contributed by atoms with Gasteiger partial charge in [0.2, 0.25) is 0 Å². The summed E-state index contributed by atoms with van der Waals surface area (Å²) in [6.45, 7) is 12.3. The Labute approximate surface area is 165 Å². The number of carbonyl (C=O) groups is 1. The van der Waals surface area contributed by atoms with Crippen molar-refractivity contribution in [2.24, 2.45) is 0 Å². The third-order valence-electron chi connectivity index (χ3n) is 4.71. The molecule has 1 aliphatic heterocycles. The summed E-state index contributed by atoms with van der Waals surface area (Å²) in [7, 11) is 2.15. The van der Waals surface area contributed by atoms with Crippen molar-refractivity contribution in [3.63, 3.8) is 0 Å². The average Bonchev–Trinajstić information content (AvgIpc) is 3.08. The van der Waals surface area contributed by atoms with Gasteiger partial charge in [0, 0.05) is 36.8 Å². The predicted octanol–water partition coefficient (Wildman–Crippen LogP) is 3.41. The lowest BCUT2D eigenvalue weighted by Crippen LogP contribution is -2.44. The molecule has 6 nitrogen and oxygen atoms in total. The highest BCUT2D eigenvalue weighted by atomic mass is 35.5. The fourth-order valence-corrected chi connectivity index (χ4v) is 4.21. The Hall–Kier alpha value is -1.57. The minimum atomic E-state index is -0.271. The molecule has 0 spiro atoms. The number of likely N-dealkylation sites (N-methyl/N-ethyl adjacent to an activating group) is 1. The number of ether oxygens (including phenoxy) is 1. The van der Waals surface area contributed by atoms with Gasteiger partial charge in [0.15, 0.2) is 5.13 Å². The first-order valence-corrected chi connectivity index (χ1v) is 9.51. The van der Waals surface area contributed by atoms with Gasteiger partial charge in [-0.3, -0.25) is 0 Å². The molecule has 0 aliphatic carbocycles. The monoisotopic (exact) mass is 398 g/mol. The summed E-state index contributed by atoms with van der Waals surface area (Å²) < 4.78 is 5.19. The molecule has 8 heteroatoms. The molecule has 0 bridgehead atoms. The van der Waals surface area contributed by atoms with E-state index in [-0.39, 0.29) is 18.4 Å². The number of hydrogen-bond donors (Lipinski definition) is 1. The van der Waals surface area contributed by atoms with E-state index in [0.717, 1.165) is 58.8 Å². The fraction of sp³-hybridized carbons (Fsp3) is 0.556. The van der Waals surface area contributed by atoms with Crippen LogP contribution < -0.4 is 4.90 Å². The molecule has 2 aromatic rings. The number of thiazole rings is 1. The lowest BCUT2D eigenvalue weighted by molar-refractivity contribution is 0.0525. The number of aryl methyl sites for hydroxylation is 2. The molecule has 1 aliphatic rings. The Kier molecular flexibility index (Phi) is 6.71. The number of esters is 1. The first-order valence-electron chi connectivity index (χ1n) is 8.70. The van der Waals surface area contributed by atoms with Crippen molar-refractivity contribution < 1.29 is 9.53 Å². The highest BCUT2D eigenvalue weighted by Gasteiger charge is 2.24. The number of piperazine rings is 1. The molecule has 3 rings (SSSR count). The number of rotatable bonds is 4. The van der Waals surface area contributed by atoms with Gasteiger partial charge in [0.1, 0.15) is 5.69 Å². The quantitative estimate of drug-likeness (QED) is 0.799. The van der Waals surface area contributed by atoms with Crippen molar-refractivity contribution in [1.29, 1.82) is 0 Å². The van der Waals surface area contributed by atoms with Gasteiger partial charge in [-0.05, 0) is 40.3 Å². The molecule has 0 unspecified atom stereocenters. The van der Waals surface area contributed by atoms with Crippen LogP contribution in [0.25, 0.3) is 11.4 Å². The van der Waals surface area contributed by atoms with E-state index < -0.39 is 0 Å². The number of nitrogens with one attached hydrogen (secondary N) is 1. The fourth-order valence-electron chi connectivity index (χ4n) is 3.24. The Bertz CT molecular complexity index is 778. The molecule has 2 aromatic heterocycles. The molecular formula is C18H27ClN4O2S. The van der Waals surface area contributed by atoms with E-state index in [0.29, 0.717) is 12.2 Å². The normalized spacial score (nSPS) is 15.0. The van der Waals surface area contributed by atoms with Crippen LogP contribution in [0, 0.1) is 20.8 Å². The van der Waals surface area contributed by atoms with Gasteiger partial charge in [-0.2, -0.15) is 0 Å². The Balaban J connectivity index is 0.00000243. The Morgan fingerprint density at radius 2 is 1.88 bits per heavy atom. The summed E-state index contributed by atoms with van der Waals surface area (Å²) in [4.78, 5) is 26.3. The molecule has 0 amide bonds. The van der Waals surface area contributed by atoms with Crippen LogP contribution in [-0.4, -0.2) is 60.7 Å². The lowest BCUT2D eigenvalue weighted by atomic mass is 10.1. The topological polar surface area (TPSA) is 61.5 Å². The Morgan fingerprint density at radius 1 is 1.23 bits per heavy atom. The summed E-state index contributed by atoms with van der Waals surface area (Å²) in [5, 5.41) is 1.06. The number of anilines is 1. The maximum absolute atomic E-state index is 12.2. The first kappa shape index (κ1) is 20.7. The molecule has 0 aromatic carbocycles. The maximum Gasteiger partial charge on any atom is 0.340 e.